The van der Waals surface area contributed by atoms with Crippen LogP contribution in [0.2, 0.25) is 0 Å². The Kier molecular flexibility index (Phi) is 4.13. The summed E-state index contributed by atoms with van der Waals surface area (Å²) >= 11 is 0. The Morgan fingerprint density at radius 2 is 1.73 bits per heavy atom. The molecule has 0 amide bonds. The van der Waals surface area contributed by atoms with E-state index in [1.54, 1.807) is 12.1 Å². The van der Waals surface area contributed by atoms with Crippen LogP contribution in [-0.2, 0) is 4.79 Å². The Morgan fingerprint density at radius 3 is 2.43 bits per heavy atom. The molecule has 1 atom stereocenters. The first-order valence-corrected chi connectivity index (χ1v) is 9.72. The molecule has 30 heavy (non-hydrogen) atoms. The Bertz CT molecular complexity index is 1250. The molecule has 0 radical (unpaired) electrons. The molecule has 2 heterocycles. The first kappa shape index (κ1) is 18.1. The molecule has 2 aromatic carbocycles. The van der Waals surface area contributed by atoms with Crippen molar-refractivity contribution in [3.05, 3.63) is 97.5 Å². The summed E-state index contributed by atoms with van der Waals surface area (Å²) in [6.45, 7) is 0. The number of ketones is 1. The van der Waals surface area contributed by atoms with Crippen molar-refractivity contribution in [3.8, 4) is 5.69 Å². The third-order valence-electron chi connectivity index (χ3n) is 5.69. The number of carbonyl (C=O) groups excluding carboxylic acids is 1. The van der Waals surface area contributed by atoms with Crippen molar-refractivity contribution in [2.45, 2.75) is 25.2 Å². The molecule has 1 aliphatic carbocycles. The number of nitro groups is 1. The molecule has 1 aromatic heterocycles. The number of para-hydroxylation sites is 1. The van der Waals surface area contributed by atoms with Crippen LogP contribution in [0.4, 0.5) is 11.5 Å². The van der Waals surface area contributed by atoms with Crippen molar-refractivity contribution in [2.75, 3.05) is 5.32 Å². The van der Waals surface area contributed by atoms with Gasteiger partial charge in [-0.3, -0.25) is 24.8 Å². The van der Waals surface area contributed by atoms with Gasteiger partial charge in [-0.05, 0) is 30.5 Å². The quantitative estimate of drug-likeness (QED) is 0.513. The van der Waals surface area contributed by atoms with E-state index in [0.717, 1.165) is 12.1 Å². The lowest BCUT2D eigenvalue weighted by molar-refractivity contribution is -0.384. The predicted octanol–water partition coefficient (Wildman–Crippen LogP) is 3.64. The zero-order valence-corrected chi connectivity index (χ0v) is 15.9. The highest BCUT2D eigenvalue weighted by molar-refractivity contribution is 6.00. The Balaban J connectivity index is 1.72. The molecule has 0 unspecified atom stereocenters. The standard InChI is InChI=1S/C22H18N4O4/c27-17-8-4-7-16-19(17)18(13-9-11-15(12-10-13)26(29)30)20-21(23-16)24-25(22(20)28)14-5-2-1-3-6-14/h1-3,5-6,9-12,18,23-24H,4,7-8H2/t18-/m0/s1. The molecule has 3 aromatic rings. The molecule has 0 bridgehead atoms. The van der Waals surface area contributed by atoms with Gasteiger partial charge in [0.2, 0.25) is 0 Å². The number of Topliss-reactive ketones (excluding diaryl/α,β-unsaturated/α-hetero) is 1. The zero-order chi connectivity index (χ0) is 20.8. The number of H-pyrrole nitrogens is 1. The van der Waals surface area contributed by atoms with E-state index in [0.29, 0.717) is 41.0 Å². The Labute approximate surface area is 171 Å². The maximum absolute atomic E-state index is 13.4. The van der Waals surface area contributed by atoms with Crippen molar-refractivity contribution in [2.24, 2.45) is 0 Å². The maximum Gasteiger partial charge on any atom is 0.277 e. The van der Waals surface area contributed by atoms with Gasteiger partial charge in [0.1, 0.15) is 5.82 Å². The molecule has 150 valence electrons. The number of anilines is 1. The lowest BCUT2D eigenvalue weighted by Gasteiger charge is -2.31. The summed E-state index contributed by atoms with van der Waals surface area (Å²) in [5.74, 6) is -0.0103. The van der Waals surface area contributed by atoms with E-state index in [9.17, 15) is 19.7 Å². The summed E-state index contributed by atoms with van der Waals surface area (Å²) < 4.78 is 1.46. The first-order chi connectivity index (χ1) is 14.5. The number of rotatable bonds is 3. The number of fused-ring (bicyclic) bond motifs is 1. The van der Waals surface area contributed by atoms with E-state index in [1.807, 2.05) is 30.3 Å². The SMILES string of the molecule is O=C1CCCC2=C1[C@H](c1ccc([N+](=O)[O-])cc1)c1c([nH]n(-c3ccccc3)c1=O)N2. The summed E-state index contributed by atoms with van der Waals surface area (Å²) in [7, 11) is 0. The lowest BCUT2D eigenvalue weighted by atomic mass is 9.77. The van der Waals surface area contributed by atoms with Crippen LogP contribution < -0.4 is 10.9 Å². The zero-order valence-electron chi connectivity index (χ0n) is 15.9. The van der Waals surface area contributed by atoms with Gasteiger partial charge in [-0.1, -0.05) is 30.3 Å². The van der Waals surface area contributed by atoms with Gasteiger partial charge >= 0.3 is 0 Å². The number of hydrogen-bond donors (Lipinski definition) is 2. The van der Waals surface area contributed by atoms with Crippen LogP contribution in [0.3, 0.4) is 0 Å². The molecule has 0 saturated carbocycles. The normalized spacial score (nSPS) is 17.9. The minimum absolute atomic E-state index is 0.00427. The van der Waals surface area contributed by atoms with Crippen molar-refractivity contribution < 1.29 is 9.72 Å². The number of benzene rings is 2. The van der Waals surface area contributed by atoms with E-state index < -0.39 is 10.8 Å². The van der Waals surface area contributed by atoms with Gasteiger partial charge < -0.3 is 5.32 Å². The molecule has 2 N–H and O–H groups in total. The van der Waals surface area contributed by atoms with E-state index in [-0.39, 0.29) is 17.0 Å². The molecular formula is C22H18N4O4. The number of hydrogen-bond acceptors (Lipinski definition) is 5. The van der Waals surface area contributed by atoms with Gasteiger partial charge in [0.25, 0.3) is 11.2 Å². The number of aromatic nitrogens is 2. The summed E-state index contributed by atoms with van der Waals surface area (Å²) in [4.78, 5) is 36.9. The number of non-ortho nitro benzene ring substituents is 1. The van der Waals surface area contributed by atoms with Crippen molar-refractivity contribution >= 4 is 17.3 Å². The van der Waals surface area contributed by atoms with Gasteiger partial charge in [-0.2, -0.15) is 0 Å². The molecule has 0 saturated heterocycles. The van der Waals surface area contributed by atoms with E-state index in [4.69, 9.17) is 0 Å². The highest BCUT2D eigenvalue weighted by Crippen LogP contribution is 2.43. The second kappa shape index (κ2) is 6.84. The molecule has 0 fully saturated rings. The fourth-order valence-corrected chi connectivity index (χ4v) is 4.32. The van der Waals surface area contributed by atoms with Gasteiger partial charge in [0, 0.05) is 35.7 Å². The van der Waals surface area contributed by atoms with Gasteiger partial charge in [-0.25, -0.2) is 4.68 Å². The van der Waals surface area contributed by atoms with Crippen LogP contribution in [-0.4, -0.2) is 20.5 Å². The Hall–Kier alpha value is -3.94. The van der Waals surface area contributed by atoms with Crippen LogP contribution in [0, 0.1) is 10.1 Å². The highest BCUT2D eigenvalue weighted by Gasteiger charge is 2.38. The van der Waals surface area contributed by atoms with Crippen LogP contribution in [0.15, 0.2) is 70.7 Å². The molecule has 1 aliphatic heterocycles. The molecule has 2 aliphatic rings. The highest BCUT2D eigenvalue weighted by atomic mass is 16.6. The number of nitrogens with zero attached hydrogens (tertiary/aromatic N) is 2. The van der Waals surface area contributed by atoms with Gasteiger partial charge in [0.15, 0.2) is 5.78 Å². The fraction of sp³-hybridized carbons (Fsp3) is 0.182. The molecule has 8 nitrogen and oxygen atoms in total. The third-order valence-corrected chi connectivity index (χ3v) is 5.69. The minimum Gasteiger partial charge on any atom is -0.343 e. The summed E-state index contributed by atoms with van der Waals surface area (Å²) in [6.07, 6.45) is 1.88. The topological polar surface area (TPSA) is 110 Å². The lowest BCUT2D eigenvalue weighted by Crippen LogP contribution is -2.29. The van der Waals surface area contributed by atoms with Gasteiger partial charge in [0.05, 0.1) is 16.2 Å². The molecular weight excluding hydrogens is 384 g/mol. The van der Waals surface area contributed by atoms with E-state index >= 15 is 0 Å². The van der Waals surface area contributed by atoms with E-state index in [2.05, 4.69) is 10.4 Å². The maximum atomic E-state index is 13.4. The average molecular weight is 402 g/mol. The van der Waals surface area contributed by atoms with Crippen LogP contribution >= 0.6 is 0 Å². The number of aromatic amines is 1. The fourth-order valence-electron chi connectivity index (χ4n) is 4.32. The second-order valence-corrected chi connectivity index (χ2v) is 7.45. The smallest absolute Gasteiger partial charge is 0.277 e. The summed E-state index contributed by atoms with van der Waals surface area (Å²) in [5.41, 5.74) is 2.92. The van der Waals surface area contributed by atoms with Crippen LogP contribution in [0.1, 0.15) is 36.3 Å². The third kappa shape index (κ3) is 2.76. The molecule has 0 spiro atoms. The monoisotopic (exact) mass is 402 g/mol. The number of nitro benzene ring substituents is 1. The van der Waals surface area contributed by atoms with Crippen molar-refractivity contribution in [1.29, 1.82) is 0 Å². The molecule has 8 heteroatoms. The minimum atomic E-state index is -0.571. The average Bonchev–Trinajstić information content (AvgIpc) is 3.09. The first-order valence-electron chi connectivity index (χ1n) is 9.72. The van der Waals surface area contributed by atoms with E-state index in [1.165, 1.54) is 16.8 Å². The number of allylic oxidation sites excluding steroid dienone is 2. The predicted molar refractivity (Wildman–Crippen MR) is 111 cm³/mol. The van der Waals surface area contributed by atoms with Crippen LogP contribution in [0.25, 0.3) is 5.69 Å². The van der Waals surface area contributed by atoms with Crippen molar-refractivity contribution in [1.82, 2.24) is 9.78 Å². The van der Waals surface area contributed by atoms with Crippen LogP contribution in [0.5, 0.6) is 0 Å². The summed E-state index contributed by atoms with van der Waals surface area (Å²) in [5, 5.41) is 17.5. The summed E-state index contributed by atoms with van der Waals surface area (Å²) in [6, 6.07) is 15.3. The van der Waals surface area contributed by atoms with Crippen molar-refractivity contribution in [3.63, 3.8) is 0 Å². The van der Waals surface area contributed by atoms with Gasteiger partial charge in [-0.15, -0.1) is 0 Å². The largest absolute Gasteiger partial charge is 0.343 e. The Morgan fingerprint density at radius 1 is 1.00 bits per heavy atom. The number of carbonyl (C=O) groups is 1. The molecule has 5 rings (SSSR count). The number of nitrogens with one attached hydrogen (secondary N) is 2. The second-order valence-electron chi connectivity index (χ2n) is 7.45.